The molecule has 6 heteroatoms. The molecule has 23 heavy (non-hydrogen) atoms. The number of aromatic nitrogens is 1. The van der Waals surface area contributed by atoms with Crippen molar-refractivity contribution < 1.29 is 8.42 Å². The molecule has 1 heterocycles. The summed E-state index contributed by atoms with van der Waals surface area (Å²) in [7, 11) is -3.76. The number of H-pyrrole nitrogens is 1. The number of nitrogens with two attached hydrogens (primary N) is 1. The summed E-state index contributed by atoms with van der Waals surface area (Å²) in [4.78, 5) is 3.43. The van der Waals surface area contributed by atoms with Crippen LogP contribution in [0.1, 0.15) is 24.0 Å². The molecule has 1 unspecified atom stereocenters. The molecule has 0 amide bonds. The Morgan fingerprint density at radius 2 is 1.91 bits per heavy atom. The predicted molar refractivity (Wildman–Crippen MR) is 95.9 cm³/mol. The van der Waals surface area contributed by atoms with Gasteiger partial charge < -0.3 is 4.98 Å². The molecule has 1 aromatic heterocycles. The fourth-order valence-electron chi connectivity index (χ4n) is 2.98. The van der Waals surface area contributed by atoms with Crippen molar-refractivity contribution in [3.05, 3.63) is 64.3 Å². The van der Waals surface area contributed by atoms with Crippen LogP contribution in [0.3, 0.4) is 0 Å². The zero-order chi connectivity index (χ0) is 16.6. The second-order valence-electron chi connectivity index (χ2n) is 5.66. The number of fused-ring (bicyclic) bond motifs is 1. The van der Waals surface area contributed by atoms with Gasteiger partial charge in [-0.1, -0.05) is 47.1 Å². The summed E-state index contributed by atoms with van der Waals surface area (Å²) >= 11 is 3.47. The summed E-state index contributed by atoms with van der Waals surface area (Å²) in [5.41, 5.74) is 2.96. The standard InChI is InChI=1S/C17H17BrN2O2S/c1-11(9-12-10-20-15-7-3-2-5-13(12)15)17-14(18)6-4-8-16(17)23(19,21)22/h2-8,10-11,20H,9H2,1H3,(H2,19,21,22). The number of aromatic amines is 1. The Morgan fingerprint density at radius 1 is 1.17 bits per heavy atom. The van der Waals surface area contributed by atoms with E-state index in [1.807, 2.05) is 37.4 Å². The van der Waals surface area contributed by atoms with Crippen LogP contribution in [-0.2, 0) is 16.4 Å². The van der Waals surface area contributed by atoms with Crippen molar-refractivity contribution in [3.63, 3.8) is 0 Å². The largest absolute Gasteiger partial charge is 0.361 e. The minimum atomic E-state index is -3.76. The van der Waals surface area contributed by atoms with Crippen LogP contribution in [0.2, 0.25) is 0 Å². The number of halogens is 1. The number of benzene rings is 2. The van der Waals surface area contributed by atoms with Crippen molar-refractivity contribution in [1.82, 2.24) is 4.98 Å². The first-order valence-electron chi connectivity index (χ1n) is 7.24. The van der Waals surface area contributed by atoms with E-state index in [4.69, 9.17) is 5.14 Å². The first-order valence-corrected chi connectivity index (χ1v) is 9.58. The molecule has 3 N–H and O–H groups in total. The Bertz CT molecular complexity index is 964. The van der Waals surface area contributed by atoms with E-state index in [0.717, 1.165) is 32.9 Å². The lowest BCUT2D eigenvalue weighted by Crippen LogP contribution is -2.16. The van der Waals surface area contributed by atoms with E-state index >= 15 is 0 Å². The van der Waals surface area contributed by atoms with E-state index in [0.29, 0.717) is 0 Å². The molecule has 0 aliphatic heterocycles. The molecule has 1 atom stereocenters. The van der Waals surface area contributed by atoms with Gasteiger partial charge >= 0.3 is 0 Å². The lowest BCUT2D eigenvalue weighted by atomic mass is 9.93. The van der Waals surface area contributed by atoms with Crippen LogP contribution in [0.15, 0.2) is 58.0 Å². The fourth-order valence-corrected chi connectivity index (χ4v) is 4.75. The molecule has 0 saturated carbocycles. The third kappa shape index (κ3) is 3.20. The van der Waals surface area contributed by atoms with E-state index in [1.165, 1.54) is 0 Å². The van der Waals surface area contributed by atoms with Gasteiger partial charge in [0, 0.05) is 21.6 Å². The first-order chi connectivity index (χ1) is 10.9. The Balaban J connectivity index is 2.03. The maximum atomic E-state index is 11.9. The van der Waals surface area contributed by atoms with Gasteiger partial charge in [0.05, 0.1) is 4.90 Å². The number of nitrogens with one attached hydrogen (secondary N) is 1. The van der Waals surface area contributed by atoms with E-state index in [1.54, 1.807) is 12.1 Å². The monoisotopic (exact) mass is 392 g/mol. The molecule has 0 aliphatic carbocycles. The number of primary sulfonamides is 1. The van der Waals surface area contributed by atoms with Crippen LogP contribution in [-0.4, -0.2) is 13.4 Å². The SMILES string of the molecule is CC(Cc1c[nH]c2ccccc12)c1c(Br)cccc1S(N)(=O)=O. The molecule has 0 spiro atoms. The Hall–Kier alpha value is -1.63. The molecule has 0 radical (unpaired) electrons. The molecule has 3 aromatic rings. The van der Waals surface area contributed by atoms with Gasteiger partial charge in [0.1, 0.15) is 0 Å². The molecule has 0 fully saturated rings. The second-order valence-corrected chi connectivity index (χ2v) is 8.05. The normalized spacial score (nSPS) is 13.3. The highest BCUT2D eigenvalue weighted by Crippen LogP contribution is 2.34. The number of hydrogen-bond acceptors (Lipinski definition) is 2. The fraction of sp³-hybridized carbons (Fsp3) is 0.176. The summed E-state index contributed by atoms with van der Waals surface area (Å²) in [5, 5.41) is 6.53. The molecular formula is C17H17BrN2O2S. The highest BCUT2D eigenvalue weighted by atomic mass is 79.9. The van der Waals surface area contributed by atoms with Gasteiger partial charge in [-0.2, -0.15) is 0 Å². The van der Waals surface area contributed by atoms with Gasteiger partial charge in [-0.25, -0.2) is 13.6 Å². The third-order valence-electron chi connectivity index (χ3n) is 4.01. The summed E-state index contributed by atoms with van der Waals surface area (Å²) in [6.45, 7) is 2.01. The van der Waals surface area contributed by atoms with Crippen molar-refractivity contribution in [1.29, 1.82) is 0 Å². The molecule has 4 nitrogen and oxygen atoms in total. The Kier molecular flexibility index (Phi) is 4.31. The second kappa shape index (κ2) is 6.11. The average molecular weight is 393 g/mol. The highest BCUT2D eigenvalue weighted by molar-refractivity contribution is 9.10. The molecule has 2 aromatic carbocycles. The minimum absolute atomic E-state index is 0.00175. The van der Waals surface area contributed by atoms with Crippen molar-refractivity contribution in [2.75, 3.05) is 0 Å². The number of sulfonamides is 1. The van der Waals surface area contributed by atoms with E-state index < -0.39 is 10.0 Å². The number of para-hydroxylation sites is 1. The zero-order valence-electron chi connectivity index (χ0n) is 12.6. The maximum Gasteiger partial charge on any atom is 0.238 e. The molecule has 0 saturated heterocycles. The van der Waals surface area contributed by atoms with Crippen molar-refractivity contribution in [2.45, 2.75) is 24.2 Å². The lowest BCUT2D eigenvalue weighted by Gasteiger charge is -2.17. The summed E-state index contributed by atoms with van der Waals surface area (Å²) in [5.74, 6) is -0.00175. The van der Waals surface area contributed by atoms with E-state index in [2.05, 4.69) is 27.0 Å². The van der Waals surface area contributed by atoms with Gasteiger partial charge in [0.2, 0.25) is 10.0 Å². The first kappa shape index (κ1) is 16.2. The Morgan fingerprint density at radius 3 is 2.65 bits per heavy atom. The zero-order valence-corrected chi connectivity index (χ0v) is 15.0. The molecule has 0 aliphatic rings. The predicted octanol–water partition coefficient (Wildman–Crippen LogP) is 3.92. The topological polar surface area (TPSA) is 76.0 Å². The van der Waals surface area contributed by atoms with Gasteiger partial charge in [0.15, 0.2) is 0 Å². The maximum absolute atomic E-state index is 11.9. The van der Waals surface area contributed by atoms with Gasteiger partial charge in [0.25, 0.3) is 0 Å². The Labute approximate surface area is 143 Å². The summed E-state index contributed by atoms with van der Waals surface area (Å²) in [6, 6.07) is 13.2. The molecule has 3 rings (SSSR count). The quantitative estimate of drug-likeness (QED) is 0.705. The van der Waals surface area contributed by atoms with Gasteiger partial charge in [-0.15, -0.1) is 0 Å². The van der Waals surface area contributed by atoms with Gasteiger partial charge in [-0.05, 0) is 41.7 Å². The van der Waals surface area contributed by atoms with E-state index in [-0.39, 0.29) is 10.8 Å². The van der Waals surface area contributed by atoms with E-state index in [9.17, 15) is 8.42 Å². The van der Waals surface area contributed by atoms with Crippen LogP contribution in [0.5, 0.6) is 0 Å². The third-order valence-corrected chi connectivity index (χ3v) is 5.67. The van der Waals surface area contributed by atoms with Crippen molar-refractivity contribution in [2.24, 2.45) is 5.14 Å². The summed E-state index contributed by atoms with van der Waals surface area (Å²) in [6.07, 6.45) is 2.70. The minimum Gasteiger partial charge on any atom is -0.361 e. The smallest absolute Gasteiger partial charge is 0.238 e. The molecule has 0 bridgehead atoms. The number of rotatable bonds is 4. The van der Waals surface area contributed by atoms with Crippen LogP contribution in [0.25, 0.3) is 10.9 Å². The molecule has 120 valence electrons. The van der Waals surface area contributed by atoms with Crippen LogP contribution in [0.4, 0.5) is 0 Å². The molecular weight excluding hydrogens is 376 g/mol. The average Bonchev–Trinajstić information content (AvgIpc) is 2.89. The highest BCUT2D eigenvalue weighted by Gasteiger charge is 2.21. The number of hydrogen-bond donors (Lipinski definition) is 2. The van der Waals surface area contributed by atoms with Crippen molar-refractivity contribution >= 4 is 36.9 Å². The van der Waals surface area contributed by atoms with Gasteiger partial charge in [-0.3, -0.25) is 0 Å². The van der Waals surface area contributed by atoms with Crippen LogP contribution in [0, 0.1) is 0 Å². The van der Waals surface area contributed by atoms with Crippen molar-refractivity contribution in [3.8, 4) is 0 Å². The summed E-state index contributed by atoms with van der Waals surface area (Å²) < 4.78 is 24.5. The lowest BCUT2D eigenvalue weighted by molar-refractivity contribution is 0.594. The van der Waals surface area contributed by atoms with Crippen LogP contribution >= 0.6 is 15.9 Å². The van der Waals surface area contributed by atoms with Crippen LogP contribution < -0.4 is 5.14 Å².